The molecular weight excluding hydrogens is 184 g/mol. The van der Waals surface area contributed by atoms with Gasteiger partial charge in [0.2, 0.25) is 0 Å². The molecule has 0 aliphatic rings. The Morgan fingerprint density at radius 2 is 2.50 bits per heavy atom. The van der Waals surface area contributed by atoms with Gasteiger partial charge in [0.25, 0.3) is 0 Å². The van der Waals surface area contributed by atoms with Crippen LogP contribution in [0.25, 0.3) is 0 Å². The second-order valence-electron chi connectivity index (χ2n) is 1.68. The number of thioether (sulfide) groups is 1. The Kier molecular flexibility index (Phi) is 3.51. The van der Waals surface area contributed by atoms with Gasteiger partial charge in [0, 0.05) is 5.75 Å². The van der Waals surface area contributed by atoms with Gasteiger partial charge in [-0.3, -0.25) is 0 Å². The first-order valence-electron chi connectivity index (χ1n) is 2.87. The first-order chi connectivity index (χ1) is 4.83. The summed E-state index contributed by atoms with van der Waals surface area (Å²) < 4.78 is 5.10. The summed E-state index contributed by atoms with van der Waals surface area (Å²) in [5.74, 6) is 2.77. The van der Waals surface area contributed by atoms with E-state index in [2.05, 4.69) is 22.0 Å². The Morgan fingerprint density at radius 1 is 1.70 bits per heavy atom. The molecule has 0 atom stereocenters. The molecule has 1 heterocycles. The van der Waals surface area contributed by atoms with E-state index < -0.39 is 0 Å². The minimum Gasteiger partial charge on any atom is -0.213 e. The average Bonchev–Trinajstić information content (AvgIpc) is 2.31. The van der Waals surface area contributed by atoms with Crippen molar-refractivity contribution in [3.63, 3.8) is 0 Å². The lowest BCUT2D eigenvalue weighted by Gasteiger charge is -1.88. The fourth-order valence-electron chi connectivity index (χ4n) is 0.470. The van der Waals surface area contributed by atoms with Crippen molar-refractivity contribution in [3.8, 4) is 0 Å². The fourth-order valence-corrected chi connectivity index (χ4v) is 2.20. The number of aryl methyl sites for hydroxylation is 1. The van der Waals surface area contributed by atoms with Gasteiger partial charge in [-0.05, 0) is 24.2 Å². The number of rotatable bonds is 3. The van der Waals surface area contributed by atoms with Crippen LogP contribution >= 0.6 is 35.9 Å². The largest absolute Gasteiger partial charge is 0.213 e. The molecule has 0 fully saturated rings. The highest BCUT2D eigenvalue weighted by Crippen LogP contribution is 2.19. The number of nitrogens with zero attached hydrogens (tertiary/aromatic N) is 2. The molecular formula is C5H8N2S3. The van der Waals surface area contributed by atoms with Crippen molar-refractivity contribution in [2.45, 2.75) is 11.3 Å². The van der Waals surface area contributed by atoms with Crippen molar-refractivity contribution in [1.29, 1.82) is 0 Å². The van der Waals surface area contributed by atoms with Crippen LogP contribution in [-0.4, -0.2) is 20.9 Å². The molecule has 0 N–H and O–H groups in total. The van der Waals surface area contributed by atoms with E-state index >= 15 is 0 Å². The van der Waals surface area contributed by atoms with Gasteiger partial charge in [0.05, 0.1) is 0 Å². The second-order valence-corrected chi connectivity index (χ2v) is 4.22. The molecule has 0 saturated heterocycles. The summed E-state index contributed by atoms with van der Waals surface area (Å²) >= 11 is 7.26. The number of aromatic nitrogens is 2. The Bertz CT molecular complexity index is 199. The molecule has 0 spiro atoms. The Hall–Kier alpha value is 0.260. The van der Waals surface area contributed by atoms with Crippen LogP contribution in [0.3, 0.4) is 0 Å². The highest BCUT2D eigenvalue weighted by Gasteiger charge is 1.98. The molecule has 10 heavy (non-hydrogen) atoms. The highest BCUT2D eigenvalue weighted by molar-refractivity contribution is 8.01. The average molecular weight is 192 g/mol. The second kappa shape index (κ2) is 4.20. The number of thiol groups is 1. The van der Waals surface area contributed by atoms with Crippen molar-refractivity contribution < 1.29 is 0 Å². The predicted octanol–water partition coefficient (Wildman–Crippen LogP) is 1.87. The third-order valence-electron chi connectivity index (χ3n) is 0.826. The molecule has 0 amide bonds. The molecule has 0 bridgehead atoms. The topological polar surface area (TPSA) is 25.8 Å². The predicted molar refractivity (Wildman–Crippen MR) is 49.2 cm³/mol. The zero-order chi connectivity index (χ0) is 7.40. The summed E-state index contributed by atoms with van der Waals surface area (Å²) in [4.78, 5) is 4.18. The van der Waals surface area contributed by atoms with E-state index in [4.69, 9.17) is 0 Å². The van der Waals surface area contributed by atoms with Gasteiger partial charge in [-0.15, -0.1) is 0 Å². The molecule has 0 aliphatic heterocycles. The van der Waals surface area contributed by atoms with Gasteiger partial charge < -0.3 is 0 Å². The fraction of sp³-hybridized carbons (Fsp3) is 0.600. The van der Waals surface area contributed by atoms with Crippen LogP contribution in [0, 0.1) is 6.92 Å². The lowest BCUT2D eigenvalue weighted by molar-refractivity contribution is 1.10. The van der Waals surface area contributed by atoms with E-state index in [1.165, 1.54) is 11.5 Å². The normalized spacial score (nSPS) is 10.2. The van der Waals surface area contributed by atoms with E-state index in [0.717, 1.165) is 21.7 Å². The summed E-state index contributed by atoms with van der Waals surface area (Å²) in [6, 6.07) is 0. The zero-order valence-corrected chi connectivity index (χ0v) is 8.10. The quantitative estimate of drug-likeness (QED) is 0.585. The van der Waals surface area contributed by atoms with Crippen molar-refractivity contribution in [2.75, 3.05) is 11.5 Å². The van der Waals surface area contributed by atoms with Crippen molar-refractivity contribution >= 4 is 35.9 Å². The Labute approximate surface area is 74.0 Å². The zero-order valence-electron chi connectivity index (χ0n) is 5.57. The highest BCUT2D eigenvalue weighted by atomic mass is 32.2. The van der Waals surface area contributed by atoms with Crippen LogP contribution in [0.5, 0.6) is 0 Å². The molecule has 1 aromatic rings. The first-order valence-corrected chi connectivity index (χ1v) is 5.26. The van der Waals surface area contributed by atoms with E-state index in [0.29, 0.717) is 0 Å². The van der Waals surface area contributed by atoms with E-state index in [-0.39, 0.29) is 0 Å². The molecule has 56 valence electrons. The van der Waals surface area contributed by atoms with Crippen molar-refractivity contribution in [1.82, 2.24) is 9.36 Å². The molecule has 2 nitrogen and oxygen atoms in total. The maximum absolute atomic E-state index is 4.18. The van der Waals surface area contributed by atoms with Gasteiger partial charge in [0.15, 0.2) is 4.34 Å². The molecule has 0 saturated carbocycles. The molecule has 1 aromatic heterocycles. The minimum absolute atomic E-state index is 0.867. The van der Waals surface area contributed by atoms with Crippen LogP contribution < -0.4 is 0 Å². The van der Waals surface area contributed by atoms with Crippen LogP contribution in [0.15, 0.2) is 4.34 Å². The number of hydrogen-bond donors (Lipinski definition) is 1. The van der Waals surface area contributed by atoms with Crippen molar-refractivity contribution in [3.05, 3.63) is 5.82 Å². The molecule has 5 heteroatoms. The van der Waals surface area contributed by atoms with Crippen LogP contribution in [-0.2, 0) is 0 Å². The molecule has 0 aromatic carbocycles. The summed E-state index contributed by atoms with van der Waals surface area (Å²) in [5, 5.41) is 0. The molecule has 0 unspecified atom stereocenters. The lowest BCUT2D eigenvalue weighted by atomic mass is 10.8. The maximum Gasteiger partial charge on any atom is 0.170 e. The Balaban J connectivity index is 2.42. The smallest absolute Gasteiger partial charge is 0.170 e. The number of hydrogen-bond acceptors (Lipinski definition) is 5. The van der Waals surface area contributed by atoms with E-state index in [9.17, 15) is 0 Å². The van der Waals surface area contributed by atoms with Gasteiger partial charge in [-0.25, -0.2) is 4.98 Å². The minimum atomic E-state index is 0.867. The van der Waals surface area contributed by atoms with Crippen LogP contribution in [0.2, 0.25) is 0 Å². The third-order valence-corrected chi connectivity index (χ3v) is 3.28. The first kappa shape index (κ1) is 8.36. The van der Waals surface area contributed by atoms with Gasteiger partial charge in [-0.2, -0.15) is 17.0 Å². The Morgan fingerprint density at radius 3 is 3.00 bits per heavy atom. The lowest BCUT2D eigenvalue weighted by Crippen LogP contribution is -1.78. The third kappa shape index (κ3) is 2.48. The summed E-state index contributed by atoms with van der Waals surface area (Å²) in [6.45, 7) is 1.90. The standard InChI is InChI=1S/C5H8N2S3/c1-4-6-5(10-7-4)9-3-2-8/h8H,2-3H2,1H3. The molecule has 1 rings (SSSR count). The molecule has 0 radical (unpaired) electrons. The van der Waals surface area contributed by atoms with E-state index in [1.54, 1.807) is 11.8 Å². The summed E-state index contributed by atoms with van der Waals surface area (Å²) in [6.07, 6.45) is 0. The van der Waals surface area contributed by atoms with Crippen LogP contribution in [0.1, 0.15) is 5.82 Å². The monoisotopic (exact) mass is 192 g/mol. The summed E-state index contributed by atoms with van der Waals surface area (Å²) in [5.41, 5.74) is 0. The van der Waals surface area contributed by atoms with Crippen LogP contribution in [0.4, 0.5) is 0 Å². The van der Waals surface area contributed by atoms with Crippen molar-refractivity contribution in [2.24, 2.45) is 0 Å². The SMILES string of the molecule is Cc1nsc(SCCS)n1. The summed E-state index contributed by atoms with van der Waals surface area (Å²) in [7, 11) is 0. The molecule has 0 aliphatic carbocycles. The maximum atomic E-state index is 4.18. The van der Waals surface area contributed by atoms with E-state index in [1.807, 2.05) is 6.92 Å². The van der Waals surface area contributed by atoms with Gasteiger partial charge in [0.1, 0.15) is 5.82 Å². The van der Waals surface area contributed by atoms with Gasteiger partial charge in [-0.1, -0.05) is 11.8 Å². The van der Waals surface area contributed by atoms with Gasteiger partial charge >= 0.3 is 0 Å².